The van der Waals surface area contributed by atoms with Gasteiger partial charge in [0.1, 0.15) is 11.3 Å². The highest BCUT2D eigenvalue weighted by molar-refractivity contribution is 5.92. The summed E-state index contributed by atoms with van der Waals surface area (Å²) >= 11 is 0. The second-order valence-electron chi connectivity index (χ2n) is 6.17. The SMILES string of the molecule is COc1cc(-c2ccc(C(C)N3CCOCC3)cc2)ccc1C(=O)O. The number of benzene rings is 2. The molecule has 0 aliphatic carbocycles. The predicted molar refractivity (Wildman–Crippen MR) is 96.2 cm³/mol. The molecule has 1 fully saturated rings. The van der Waals surface area contributed by atoms with Gasteiger partial charge in [0, 0.05) is 19.1 Å². The highest BCUT2D eigenvalue weighted by atomic mass is 16.5. The lowest BCUT2D eigenvalue weighted by atomic mass is 9.99. The van der Waals surface area contributed by atoms with E-state index in [4.69, 9.17) is 9.47 Å². The zero-order valence-corrected chi connectivity index (χ0v) is 14.6. The minimum atomic E-state index is -0.988. The monoisotopic (exact) mass is 341 g/mol. The topological polar surface area (TPSA) is 59.0 Å². The largest absolute Gasteiger partial charge is 0.496 e. The molecule has 1 aliphatic heterocycles. The Kier molecular flexibility index (Phi) is 5.36. The van der Waals surface area contributed by atoms with E-state index in [9.17, 15) is 9.90 Å². The molecule has 5 nitrogen and oxygen atoms in total. The van der Waals surface area contributed by atoms with Gasteiger partial charge in [0.15, 0.2) is 0 Å². The molecular formula is C20H23NO4. The first-order valence-corrected chi connectivity index (χ1v) is 8.43. The van der Waals surface area contributed by atoms with Gasteiger partial charge in [-0.25, -0.2) is 4.79 Å². The number of carbonyl (C=O) groups is 1. The normalized spacial score (nSPS) is 16.4. The molecule has 2 aromatic carbocycles. The van der Waals surface area contributed by atoms with Gasteiger partial charge in [-0.3, -0.25) is 4.90 Å². The van der Waals surface area contributed by atoms with E-state index in [1.807, 2.05) is 6.07 Å². The summed E-state index contributed by atoms with van der Waals surface area (Å²) in [6.07, 6.45) is 0. The Hall–Kier alpha value is -2.37. The molecule has 0 amide bonds. The van der Waals surface area contributed by atoms with Gasteiger partial charge in [0.2, 0.25) is 0 Å². The van der Waals surface area contributed by atoms with Gasteiger partial charge in [-0.1, -0.05) is 30.3 Å². The molecule has 1 aliphatic rings. The van der Waals surface area contributed by atoms with E-state index < -0.39 is 5.97 Å². The molecule has 0 saturated carbocycles. The van der Waals surface area contributed by atoms with Crippen molar-refractivity contribution in [3.8, 4) is 16.9 Å². The maximum absolute atomic E-state index is 11.2. The van der Waals surface area contributed by atoms with Crippen molar-refractivity contribution in [2.45, 2.75) is 13.0 Å². The molecule has 0 bridgehead atoms. The summed E-state index contributed by atoms with van der Waals surface area (Å²) in [4.78, 5) is 13.6. The van der Waals surface area contributed by atoms with Crippen LogP contribution in [0.2, 0.25) is 0 Å². The first kappa shape index (κ1) is 17.5. The van der Waals surface area contributed by atoms with Crippen LogP contribution < -0.4 is 4.74 Å². The number of methoxy groups -OCH3 is 1. The van der Waals surface area contributed by atoms with E-state index in [2.05, 4.69) is 36.1 Å². The van der Waals surface area contributed by atoms with Crippen LogP contribution in [0, 0.1) is 0 Å². The number of rotatable bonds is 5. The number of ether oxygens (including phenoxy) is 2. The van der Waals surface area contributed by atoms with Crippen molar-refractivity contribution in [3.05, 3.63) is 53.6 Å². The molecule has 2 aromatic rings. The van der Waals surface area contributed by atoms with Crippen LogP contribution in [0.15, 0.2) is 42.5 Å². The third-order valence-electron chi connectivity index (χ3n) is 4.75. The molecule has 1 atom stereocenters. The zero-order chi connectivity index (χ0) is 17.8. The van der Waals surface area contributed by atoms with Crippen LogP contribution in [-0.2, 0) is 4.74 Å². The van der Waals surface area contributed by atoms with Gasteiger partial charge in [-0.05, 0) is 35.7 Å². The van der Waals surface area contributed by atoms with Crippen molar-refractivity contribution >= 4 is 5.97 Å². The van der Waals surface area contributed by atoms with E-state index in [-0.39, 0.29) is 5.56 Å². The molecule has 1 N–H and O–H groups in total. The number of carboxylic acids is 1. The third-order valence-corrected chi connectivity index (χ3v) is 4.75. The Morgan fingerprint density at radius 1 is 1.12 bits per heavy atom. The van der Waals surface area contributed by atoms with Crippen LogP contribution in [-0.4, -0.2) is 49.4 Å². The molecule has 1 unspecified atom stereocenters. The molecule has 5 heteroatoms. The third kappa shape index (κ3) is 3.83. The maximum atomic E-state index is 11.2. The number of morpholine rings is 1. The van der Waals surface area contributed by atoms with E-state index in [0.29, 0.717) is 11.8 Å². The summed E-state index contributed by atoms with van der Waals surface area (Å²) in [6.45, 7) is 5.70. The van der Waals surface area contributed by atoms with Crippen molar-refractivity contribution in [1.29, 1.82) is 0 Å². The summed E-state index contributed by atoms with van der Waals surface area (Å²) in [5, 5.41) is 9.19. The molecule has 1 heterocycles. The smallest absolute Gasteiger partial charge is 0.339 e. The molecular weight excluding hydrogens is 318 g/mol. The molecule has 1 saturated heterocycles. The second-order valence-corrected chi connectivity index (χ2v) is 6.17. The predicted octanol–water partition coefficient (Wildman–Crippen LogP) is 3.45. The number of nitrogens with zero attached hydrogens (tertiary/aromatic N) is 1. The fourth-order valence-corrected chi connectivity index (χ4v) is 3.18. The standard InChI is InChI=1S/C20H23NO4/c1-14(21-9-11-25-12-10-21)15-3-5-16(6-4-15)17-7-8-18(20(22)23)19(13-17)24-2/h3-8,13-14H,9-12H2,1-2H3,(H,22,23). The minimum Gasteiger partial charge on any atom is -0.496 e. The lowest BCUT2D eigenvalue weighted by Crippen LogP contribution is -2.37. The van der Waals surface area contributed by atoms with Gasteiger partial charge in [-0.15, -0.1) is 0 Å². The summed E-state index contributed by atoms with van der Waals surface area (Å²) < 4.78 is 10.6. The summed E-state index contributed by atoms with van der Waals surface area (Å²) in [5.74, 6) is -0.617. The van der Waals surface area contributed by atoms with Gasteiger partial charge < -0.3 is 14.6 Å². The Labute approximate surface area is 147 Å². The molecule has 0 radical (unpaired) electrons. The van der Waals surface area contributed by atoms with Crippen molar-refractivity contribution in [2.24, 2.45) is 0 Å². The van der Waals surface area contributed by atoms with Crippen LogP contribution in [0.5, 0.6) is 5.75 Å². The first-order valence-electron chi connectivity index (χ1n) is 8.43. The Balaban J connectivity index is 1.81. The van der Waals surface area contributed by atoms with Gasteiger partial charge in [0.25, 0.3) is 0 Å². The maximum Gasteiger partial charge on any atom is 0.339 e. The van der Waals surface area contributed by atoms with Crippen molar-refractivity contribution < 1.29 is 19.4 Å². The van der Waals surface area contributed by atoms with Gasteiger partial charge in [-0.2, -0.15) is 0 Å². The van der Waals surface area contributed by atoms with E-state index in [1.54, 1.807) is 12.1 Å². The number of hydrogen-bond acceptors (Lipinski definition) is 4. The minimum absolute atomic E-state index is 0.170. The lowest BCUT2D eigenvalue weighted by molar-refractivity contribution is 0.0198. The molecule has 0 aromatic heterocycles. The van der Waals surface area contributed by atoms with E-state index in [0.717, 1.165) is 37.4 Å². The summed E-state index contributed by atoms with van der Waals surface area (Å²) in [7, 11) is 1.48. The average molecular weight is 341 g/mol. The lowest BCUT2D eigenvalue weighted by Gasteiger charge is -2.32. The Morgan fingerprint density at radius 2 is 1.76 bits per heavy atom. The van der Waals surface area contributed by atoms with Crippen LogP contribution in [0.4, 0.5) is 0 Å². The Bertz CT molecular complexity index is 736. The van der Waals surface area contributed by atoms with Crippen molar-refractivity contribution in [1.82, 2.24) is 4.90 Å². The molecule has 0 spiro atoms. The first-order chi connectivity index (χ1) is 12.1. The van der Waals surface area contributed by atoms with Gasteiger partial charge in [0.05, 0.1) is 20.3 Å². The number of hydrogen-bond donors (Lipinski definition) is 1. The fourth-order valence-electron chi connectivity index (χ4n) is 3.18. The van der Waals surface area contributed by atoms with Crippen molar-refractivity contribution in [2.75, 3.05) is 33.4 Å². The number of aromatic carboxylic acids is 1. The fraction of sp³-hybridized carbons (Fsp3) is 0.350. The zero-order valence-electron chi connectivity index (χ0n) is 14.6. The highest BCUT2D eigenvalue weighted by Crippen LogP contribution is 2.29. The van der Waals surface area contributed by atoms with Crippen LogP contribution in [0.3, 0.4) is 0 Å². The summed E-state index contributed by atoms with van der Waals surface area (Å²) in [5.41, 5.74) is 3.41. The van der Waals surface area contributed by atoms with Gasteiger partial charge >= 0.3 is 5.97 Å². The summed E-state index contributed by atoms with van der Waals surface area (Å²) in [6, 6.07) is 13.9. The van der Waals surface area contributed by atoms with Crippen LogP contribution >= 0.6 is 0 Å². The highest BCUT2D eigenvalue weighted by Gasteiger charge is 2.18. The quantitative estimate of drug-likeness (QED) is 0.902. The molecule has 132 valence electrons. The van der Waals surface area contributed by atoms with Crippen molar-refractivity contribution in [3.63, 3.8) is 0 Å². The second kappa shape index (κ2) is 7.68. The van der Waals surface area contributed by atoms with E-state index >= 15 is 0 Å². The van der Waals surface area contributed by atoms with E-state index in [1.165, 1.54) is 12.7 Å². The average Bonchev–Trinajstić information content (AvgIpc) is 2.67. The van der Waals surface area contributed by atoms with Crippen LogP contribution in [0.1, 0.15) is 28.9 Å². The van der Waals surface area contributed by atoms with Crippen LogP contribution in [0.25, 0.3) is 11.1 Å². The number of carboxylic acid groups (broad SMARTS) is 1. The molecule has 3 rings (SSSR count). The molecule has 25 heavy (non-hydrogen) atoms. The Morgan fingerprint density at radius 3 is 2.36 bits per heavy atom.